The maximum Gasteiger partial charge on any atom is 0.534 e. The molecule has 2 aromatic rings. The van der Waals surface area contributed by atoms with Crippen molar-refractivity contribution >= 4 is 16.2 Å². The molecule has 1 fully saturated rings. The van der Waals surface area contributed by atoms with E-state index in [-0.39, 0.29) is 17.8 Å². The largest absolute Gasteiger partial charge is 0.534 e. The van der Waals surface area contributed by atoms with Gasteiger partial charge in [0.05, 0.1) is 0 Å². The Morgan fingerprint density at radius 2 is 1.74 bits per heavy atom. The lowest BCUT2D eigenvalue weighted by atomic mass is 9.84. The number of carbonyl (C=O) groups is 1. The number of nitrogens with zero attached hydrogens (tertiary/aromatic N) is 1. The maximum absolute atomic E-state index is 13.0. The van der Waals surface area contributed by atoms with Gasteiger partial charge in [-0.2, -0.15) is 21.6 Å². The van der Waals surface area contributed by atoms with Gasteiger partial charge in [0.15, 0.2) is 0 Å². The average Bonchev–Trinajstić information content (AvgIpc) is 3.26. The van der Waals surface area contributed by atoms with Crippen molar-refractivity contribution in [2.45, 2.75) is 89.2 Å². The Balaban J connectivity index is 1.48. The highest BCUT2D eigenvalue weighted by molar-refractivity contribution is 7.88. The molecule has 0 saturated carbocycles. The summed E-state index contributed by atoms with van der Waals surface area (Å²) in [6.45, 7) is 8.93. The number of halogens is 3. The van der Waals surface area contributed by atoms with Crippen LogP contribution in [-0.2, 0) is 34.1 Å². The lowest BCUT2D eigenvalue weighted by Gasteiger charge is -2.34. The standard InChI is InChI=1S/C29H36F3NO5S/c1-5-20-17-19(9-12-24(20)21-13-15-33(16-14-21)27(34)37-28(2,3)4)18-23-11-10-22-7-6-8-25(26(22)23)38-39(35,36)29(30,31)32/h6-9,12,17,21,23H,5,10-11,13-16,18H2,1-4H3. The van der Waals surface area contributed by atoms with Crippen LogP contribution in [0.25, 0.3) is 0 Å². The Morgan fingerprint density at radius 3 is 2.36 bits per heavy atom. The second-order valence-electron chi connectivity index (χ2n) is 11.4. The molecule has 1 aliphatic carbocycles. The van der Waals surface area contributed by atoms with E-state index in [1.807, 2.05) is 26.8 Å². The number of piperidine rings is 1. The molecule has 0 spiro atoms. The normalized spacial score (nSPS) is 18.6. The number of ether oxygens (including phenoxy) is 1. The first kappa shape index (κ1) is 29.2. The third-order valence-corrected chi connectivity index (χ3v) is 8.43. The zero-order valence-electron chi connectivity index (χ0n) is 22.8. The van der Waals surface area contributed by atoms with Crippen molar-refractivity contribution in [3.05, 3.63) is 64.2 Å². The lowest BCUT2D eigenvalue weighted by molar-refractivity contribution is -0.0500. The fraction of sp³-hybridized carbons (Fsp3) is 0.552. The first-order valence-corrected chi connectivity index (χ1v) is 14.8. The summed E-state index contributed by atoms with van der Waals surface area (Å²) in [5.41, 5.74) is -1.13. The number of likely N-dealkylation sites (tertiary alicyclic amines) is 1. The van der Waals surface area contributed by atoms with Gasteiger partial charge < -0.3 is 13.8 Å². The van der Waals surface area contributed by atoms with Crippen LogP contribution < -0.4 is 4.18 Å². The van der Waals surface area contributed by atoms with E-state index in [0.29, 0.717) is 43.8 Å². The second-order valence-corrected chi connectivity index (χ2v) is 12.9. The Labute approximate surface area is 228 Å². The van der Waals surface area contributed by atoms with Crippen LogP contribution in [0.2, 0.25) is 0 Å². The summed E-state index contributed by atoms with van der Waals surface area (Å²) < 4.78 is 72.4. The smallest absolute Gasteiger partial charge is 0.444 e. The van der Waals surface area contributed by atoms with Crippen molar-refractivity contribution < 1.29 is 35.3 Å². The number of hydrogen-bond acceptors (Lipinski definition) is 5. The number of alkyl halides is 3. The molecule has 0 aromatic heterocycles. The molecule has 214 valence electrons. The van der Waals surface area contributed by atoms with Crippen LogP contribution in [0.1, 0.15) is 86.6 Å². The lowest BCUT2D eigenvalue weighted by Crippen LogP contribution is -2.41. The summed E-state index contributed by atoms with van der Waals surface area (Å²) in [6.07, 6.45) is 4.16. The number of benzene rings is 2. The van der Waals surface area contributed by atoms with E-state index >= 15 is 0 Å². The molecule has 0 N–H and O–H groups in total. The highest BCUT2D eigenvalue weighted by Crippen LogP contribution is 2.43. The molecule has 2 aromatic carbocycles. The number of carbonyl (C=O) groups excluding carboxylic acids is 1. The van der Waals surface area contributed by atoms with E-state index in [9.17, 15) is 26.4 Å². The molecule has 39 heavy (non-hydrogen) atoms. The molecule has 10 heteroatoms. The quantitative estimate of drug-likeness (QED) is 0.282. The highest BCUT2D eigenvalue weighted by Gasteiger charge is 2.49. The minimum Gasteiger partial charge on any atom is -0.444 e. The maximum atomic E-state index is 13.0. The van der Waals surface area contributed by atoms with Gasteiger partial charge in [0.2, 0.25) is 0 Å². The van der Waals surface area contributed by atoms with Crippen molar-refractivity contribution in [3.63, 3.8) is 0 Å². The average molecular weight is 568 g/mol. The van der Waals surface area contributed by atoms with Crippen molar-refractivity contribution in [2.24, 2.45) is 0 Å². The van der Waals surface area contributed by atoms with Gasteiger partial charge in [-0.1, -0.05) is 37.3 Å². The van der Waals surface area contributed by atoms with Gasteiger partial charge in [-0.05, 0) is 99.5 Å². The molecule has 1 atom stereocenters. The Bertz CT molecular complexity index is 1310. The Hall–Kier alpha value is -2.75. The molecule has 1 saturated heterocycles. The molecular weight excluding hydrogens is 531 g/mol. The van der Waals surface area contributed by atoms with Crippen LogP contribution in [0.4, 0.5) is 18.0 Å². The summed E-state index contributed by atoms with van der Waals surface area (Å²) in [5.74, 6) is -0.0591. The molecule has 0 bridgehead atoms. The van der Waals surface area contributed by atoms with Gasteiger partial charge in [0, 0.05) is 18.7 Å². The molecule has 1 amide bonds. The van der Waals surface area contributed by atoms with Gasteiger partial charge >= 0.3 is 21.7 Å². The van der Waals surface area contributed by atoms with Crippen molar-refractivity contribution in [1.82, 2.24) is 4.90 Å². The zero-order chi connectivity index (χ0) is 28.6. The van der Waals surface area contributed by atoms with Crippen LogP contribution in [0.3, 0.4) is 0 Å². The zero-order valence-corrected chi connectivity index (χ0v) is 23.6. The third-order valence-electron chi connectivity index (χ3n) is 7.47. The van der Waals surface area contributed by atoms with Crippen LogP contribution in [-0.4, -0.2) is 43.6 Å². The first-order chi connectivity index (χ1) is 18.2. The molecular formula is C29H36F3NO5S. The molecule has 2 aliphatic rings. The fourth-order valence-electron chi connectivity index (χ4n) is 5.66. The predicted octanol–water partition coefficient (Wildman–Crippen LogP) is 6.86. The van der Waals surface area contributed by atoms with Gasteiger partial charge in [-0.25, -0.2) is 4.79 Å². The summed E-state index contributed by atoms with van der Waals surface area (Å²) in [5, 5.41) is 0. The van der Waals surface area contributed by atoms with Gasteiger partial charge in [0.1, 0.15) is 11.4 Å². The molecule has 1 aliphatic heterocycles. The third kappa shape index (κ3) is 6.70. The van der Waals surface area contributed by atoms with E-state index in [4.69, 9.17) is 4.74 Å². The van der Waals surface area contributed by atoms with Crippen LogP contribution in [0.15, 0.2) is 36.4 Å². The summed E-state index contributed by atoms with van der Waals surface area (Å²) >= 11 is 0. The predicted molar refractivity (Wildman–Crippen MR) is 142 cm³/mol. The van der Waals surface area contributed by atoms with E-state index in [0.717, 1.165) is 30.4 Å². The molecule has 1 unspecified atom stereocenters. The first-order valence-electron chi connectivity index (χ1n) is 13.4. The highest BCUT2D eigenvalue weighted by atomic mass is 32.2. The second kappa shape index (κ2) is 11.0. The van der Waals surface area contributed by atoms with E-state index in [2.05, 4.69) is 29.3 Å². The molecule has 6 nitrogen and oxygen atoms in total. The summed E-state index contributed by atoms with van der Waals surface area (Å²) in [6, 6.07) is 11.0. The van der Waals surface area contributed by atoms with E-state index in [1.165, 1.54) is 23.3 Å². The molecule has 4 rings (SSSR count). The Kier molecular flexibility index (Phi) is 8.26. The summed E-state index contributed by atoms with van der Waals surface area (Å²) in [7, 11) is -5.75. The van der Waals surface area contributed by atoms with Gasteiger partial charge in [-0.15, -0.1) is 0 Å². The minimum atomic E-state index is -5.75. The SMILES string of the molecule is CCc1cc(CC2CCc3cccc(OS(=O)(=O)C(F)(F)F)c32)ccc1C1CCN(C(=O)OC(C)(C)C)CC1. The monoisotopic (exact) mass is 567 g/mol. The number of aryl methyl sites for hydroxylation is 2. The van der Waals surface area contributed by atoms with Gasteiger partial charge in [0.25, 0.3) is 0 Å². The molecule has 1 heterocycles. The van der Waals surface area contributed by atoms with E-state index in [1.54, 1.807) is 4.90 Å². The number of amides is 1. The number of rotatable bonds is 6. The molecule has 0 radical (unpaired) electrons. The Morgan fingerprint density at radius 1 is 1.05 bits per heavy atom. The van der Waals surface area contributed by atoms with Gasteiger partial charge in [-0.3, -0.25) is 0 Å². The van der Waals surface area contributed by atoms with Crippen LogP contribution in [0, 0.1) is 0 Å². The van der Waals surface area contributed by atoms with E-state index < -0.39 is 21.2 Å². The fourth-order valence-corrected chi connectivity index (χ4v) is 6.14. The topological polar surface area (TPSA) is 72.9 Å². The van der Waals surface area contributed by atoms with Crippen molar-refractivity contribution in [3.8, 4) is 5.75 Å². The van der Waals surface area contributed by atoms with Crippen LogP contribution in [0.5, 0.6) is 5.75 Å². The van der Waals surface area contributed by atoms with Crippen LogP contribution >= 0.6 is 0 Å². The number of hydrogen-bond donors (Lipinski definition) is 0. The van der Waals surface area contributed by atoms with Crippen molar-refractivity contribution in [1.29, 1.82) is 0 Å². The summed E-state index contributed by atoms with van der Waals surface area (Å²) in [4.78, 5) is 14.2. The van der Waals surface area contributed by atoms with Crippen molar-refractivity contribution in [2.75, 3.05) is 13.1 Å². The number of fused-ring (bicyclic) bond motifs is 1. The minimum absolute atomic E-state index is 0.146.